The van der Waals surface area contributed by atoms with Crippen molar-refractivity contribution in [3.05, 3.63) is 90.0 Å². The smallest absolute Gasteiger partial charge is 0.258 e. The molecule has 158 valence electrons. The normalized spacial score (nSPS) is 13.5. The topological polar surface area (TPSA) is 52.7 Å². The molecule has 0 bridgehead atoms. The maximum atomic E-state index is 13.2. The van der Waals surface area contributed by atoms with E-state index in [4.69, 9.17) is 0 Å². The quantitative estimate of drug-likeness (QED) is 0.625. The fourth-order valence-electron chi connectivity index (χ4n) is 3.94. The number of rotatable bonds is 5. The number of nitrogens with zero attached hydrogens (tertiary/aromatic N) is 2. The van der Waals surface area contributed by atoms with Crippen molar-refractivity contribution in [1.82, 2.24) is 0 Å². The van der Waals surface area contributed by atoms with Crippen molar-refractivity contribution in [2.45, 2.75) is 19.3 Å². The van der Waals surface area contributed by atoms with E-state index in [9.17, 15) is 9.59 Å². The van der Waals surface area contributed by atoms with Crippen LogP contribution in [0.1, 0.15) is 40.0 Å². The Balaban J connectivity index is 1.48. The van der Waals surface area contributed by atoms with E-state index in [-0.39, 0.29) is 11.8 Å². The van der Waals surface area contributed by atoms with Crippen LogP contribution in [0.4, 0.5) is 17.1 Å². The Kier molecular flexibility index (Phi) is 6.32. The van der Waals surface area contributed by atoms with Gasteiger partial charge >= 0.3 is 0 Å². The highest BCUT2D eigenvalue weighted by Crippen LogP contribution is 2.31. The molecule has 1 aliphatic heterocycles. The SMILES string of the molecule is CN(C(=O)c1ccc(NC(=O)c2ccccc2)cc1)c1ccccc1N1CCCCC1. The molecule has 0 aromatic heterocycles. The molecule has 0 unspecified atom stereocenters. The molecular formula is C26H27N3O2. The van der Waals surface area contributed by atoms with Crippen molar-refractivity contribution in [1.29, 1.82) is 0 Å². The lowest BCUT2D eigenvalue weighted by Crippen LogP contribution is -2.33. The number of nitrogens with one attached hydrogen (secondary N) is 1. The monoisotopic (exact) mass is 413 g/mol. The van der Waals surface area contributed by atoms with E-state index in [0.29, 0.717) is 16.8 Å². The lowest BCUT2D eigenvalue weighted by molar-refractivity contribution is 0.0991. The molecule has 0 atom stereocenters. The number of carbonyl (C=O) groups is 2. The fraction of sp³-hybridized carbons (Fsp3) is 0.231. The van der Waals surface area contributed by atoms with Crippen LogP contribution < -0.4 is 15.1 Å². The zero-order chi connectivity index (χ0) is 21.6. The molecule has 5 heteroatoms. The molecule has 0 radical (unpaired) electrons. The van der Waals surface area contributed by atoms with Crippen molar-refractivity contribution in [3.63, 3.8) is 0 Å². The highest BCUT2D eigenvalue weighted by Gasteiger charge is 2.20. The van der Waals surface area contributed by atoms with E-state index in [1.54, 1.807) is 41.3 Å². The molecule has 1 N–H and O–H groups in total. The van der Waals surface area contributed by atoms with Crippen molar-refractivity contribution in [2.24, 2.45) is 0 Å². The molecular weight excluding hydrogens is 386 g/mol. The van der Waals surface area contributed by atoms with Gasteiger partial charge in [0.2, 0.25) is 0 Å². The Morgan fingerprint density at radius 1 is 0.774 bits per heavy atom. The van der Waals surface area contributed by atoms with Gasteiger partial charge in [0, 0.05) is 37.0 Å². The summed E-state index contributed by atoms with van der Waals surface area (Å²) < 4.78 is 0. The maximum absolute atomic E-state index is 13.2. The van der Waals surface area contributed by atoms with E-state index in [1.165, 1.54) is 19.3 Å². The van der Waals surface area contributed by atoms with Gasteiger partial charge in [-0.1, -0.05) is 30.3 Å². The Morgan fingerprint density at radius 3 is 2.13 bits per heavy atom. The summed E-state index contributed by atoms with van der Waals surface area (Å²) in [6.07, 6.45) is 3.63. The standard InChI is InChI=1S/C26H27N3O2/c1-28(23-12-6-7-13-24(23)29-18-8-3-9-19-29)26(31)21-14-16-22(17-15-21)27-25(30)20-10-4-2-5-11-20/h2,4-7,10-17H,3,8-9,18-19H2,1H3,(H,27,30). The van der Waals surface area contributed by atoms with Gasteiger partial charge in [0.05, 0.1) is 11.4 Å². The predicted molar refractivity (Wildman–Crippen MR) is 126 cm³/mol. The fourth-order valence-corrected chi connectivity index (χ4v) is 3.94. The number of benzene rings is 3. The van der Waals surface area contributed by atoms with Crippen molar-refractivity contribution < 1.29 is 9.59 Å². The number of para-hydroxylation sites is 2. The second kappa shape index (κ2) is 9.47. The van der Waals surface area contributed by atoms with Crippen LogP contribution in [0.2, 0.25) is 0 Å². The molecule has 1 heterocycles. The van der Waals surface area contributed by atoms with Crippen LogP contribution in [0.25, 0.3) is 0 Å². The average molecular weight is 414 g/mol. The second-order valence-corrected chi connectivity index (χ2v) is 7.80. The van der Waals surface area contributed by atoms with E-state index >= 15 is 0 Å². The van der Waals surface area contributed by atoms with Gasteiger partial charge < -0.3 is 15.1 Å². The summed E-state index contributed by atoms with van der Waals surface area (Å²) in [5.74, 6) is -0.252. The summed E-state index contributed by atoms with van der Waals surface area (Å²) in [7, 11) is 1.82. The largest absolute Gasteiger partial charge is 0.370 e. The molecule has 3 aromatic rings. The van der Waals surface area contributed by atoms with Gasteiger partial charge in [0.1, 0.15) is 0 Å². The van der Waals surface area contributed by atoms with E-state index in [0.717, 1.165) is 24.5 Å². The number of anilines is 3. The second-order valence-electron chi connectivity index (χ2n) is 7.80. The van der Waals surface area contributed by atoms with Crippen LogP contribution in [-0.2, 0) is 0 Å². The van der Waals surface area contributed by atoms with Gasteiger partial charge in [-0.15, -0.1) is 0 Å². The lowest BCUT2D eigenvalue weighted by Gasteiger charge is -2.32. The van der Waals surface area contributed by atoms with Crippen LogP contribution in [0.15, 0.2) is 78.9 Å². The molecule has 5 nitrogen and oxygen atoms in total. The van der Waals surface area contributed by atoms with Crippen molar-refractivity contribution >= 4 is 28.9 Å². The minimum atomic E-state index is -0.174. The molecule has 31 heavy (non-hydrogen) atoms. The molecule has 0 aliphatic carbocycles. The summed E-state index contributed by atoms with van der Waals surface area (Å²) >= 11 is 0. The lowest BCUT2D eigenvalue weighted by atomic mass is 10.1. The first kappa shape index (κ1) is 20.7. The Hall–Kier alpha value is -3.60. The summed E-state index contributed by atoms with van der Waals surface area (Å²) in [5.41, 5.74) is 3.84. The predicted octanol–water partition coefficient (Wildman–Crippen LogP) is 5.21. The third-order valence-electron chi connectivity index (χ3n) is 5.67. The van der Waals surface area contributed by atoms with Gasteiger partial charge in [-0.3, -0.25) is 9.59 Å². The van der Waals surface area contributed by atoms with Gasteiger partial charge in [-0.2, -0.15) is 0 Å². The van der Waals surface area contributed by atoms with Crippen LogP contribution in [0.3, 0.4) is 0 Å². The molecule has 4 rings (SSSR count). The summed E-state index contributed by atoms with van der Waals surface area (Å²) in [4.78, 5) is 29.6. The first-order valence-corrected chi connectivity index (χ1v) is 10.7. The average Bonchev–Trinajstić information content (AvgIpc) is 2.84. The van der Waals surface area contributed by atoms with Crippen LogP contribution in [0, 0.1) is 0 Å². The van der Waals surface area contributed by atoms with Crippen LogP contribution >= 0.6 is 0 Å². The van der Waals surface area contributed by atoms with Crippen LogP contribution in [-0.4, -0.2) is 32.0 Å². The first-order valence-electron chi connectivity index (χ1n) is 10.7. The number of hydrogen-bond donors (Lipinski definition) is 1. The molecule has 1 fully saturated rings. The Morgan fingerprint density at radius 2 is 1.42 bits per heavy atom. The summed E-state index contributed by atoms with van der Waals surface area (Å²) in [5, 5.41) is 2.87. The van der Waals surface area contributed by atoms with Crippen molar-refractivity contribution in [3.8, 4) is 0 Å². The third kappa shape index (κ3) is 4.77. The molecule has 0 spiro atoms. The molecule has 3 aromatic carbocycles. The van der Waals surface area contributed by atoms with Gasteiger partial charge in [0.15, 0.2) is 0 Å². The van der Waals surface area contributed by atoms with Crippen LogP contribution in [0.5, 0.6) is 0 Å². The van der Waals surface area contributed by atoms with E-state index in [1.807, 2.05) is 43.4 Å². The Bertz CT molecular complexity index is 1040. The van der Waals surface area contributed by atoms with E-state index < -0.39 is 0 Å². The van der Waals surface area contributed by atoms with Gasteiger partial charge in [0.25, 0.3) is 11.8 Å². The zero-order valence-electron chi connectivity index (χ0n) is 17.8. The number of carbonyl (C=O) groups excluding carboxylic acids is 2. The molecule has 1 aliphatic rings. The highest BCUT2D eigenvalue weighted by atomic mass is 16.2. The van der Waals surface area contributed by atoms with Gasteiger partial charge in [-0.25, -0.2) is 0 Å². The first-order chi connectivity index (χ1) is 15.1. The minimum absolute atomic E-state index is 0.0783. The number of amides is 2. The van der Waals surface area contributed by atoms with Crippen molar-refractivity contribution in [2.75, 3.05) is 35.3 Å². The maximum Gasteiger partial charge on any atom is 0.258 e. The molecule has 1 saturated heterocycles. The Labute approximate surface area is 183 Å². The van der Waals surface area contributed by atoms with Gasteiger partial charge in [-0.05, 0) is 67.8 Å². The highest BCUT2D eigenvalue weighted by molar-refractivity contribution is 6.08. The molecule has 2 amide bonds. The number of piperidine rings is 1. The zero-order valence-corrected chi connectivity index (χ0v) is 17.8. The summed E-state index contributed by atoms with van der Waals surface area (Å²) in [6, 6.07) is 24.2. The summed E-state index contributed by atoms with van der Waals surface area (Å²) in [6.45, 7) is 2.05. The number of hydrogen-bond acceptors (Lipinski definition) is 3. The molecule has 0 saturated carbocycles. The van der Waals surface area contributed by atoms with E-state index in [2.05, 4.69) is 16.3 Å². The third-order valence-corrected chi connectivity index (χ3v) is 5.67. The minimum Gasteiger partial charge on any atom is -0.370 e.